The monoisotopic (exact) mass is 295 g/mol. The topological polar surface area (TPSA) is 108 Å². The number of nitrogens with zero attached hydrogens (tertiary/aromatic N) is 1. The maximum absolute atomic E-state index is 11.6. The van der Waals surface area contributed by atoms with Gasteiger partial charge in [-0.1, -0.05) is 0 Å². The van der Waals surface area contributed by atoms with E-state index >= 15 is 0 Å². The van der Waals surface area contributed by atoms with Crippen LogP contribution in [-0.2, 0) is 0 Å². The van der Waals surface area contributed by atoms with Crippen LogP contribution in [0.2, 0.25) is 0 Å². The van der Waals surface area contributed by atoms with E-state index in [4.69, 9.17) is 4.74 Å². The standard InChI is InChI=1S/C11H13N5O3S/c1-12-11(18)15-8-9(17)16-20-10(8)14-6-3-7(19-2)5-13-4-6/h3-5,14H,1-2H3,(H,16,17)(H2,12,15,18). The van der Waals surface area contributed by atoms with Crippen LogP contribution in [0.5, 0.6) is 5.75 Å². The molecule has 2 aromatic heterocycles. The van der Waals surface area contributed by atoms with E-state index in [2.05, 4.69) is 25.3 Å². The summed E-state index contributed by atoms with van der Waals surface area (Å²) in [5.41, 5.74) is 0.411. The van der Waals surface area contributed by atoms with E-state index in [0.29, 0.717) is 16.4 Å². The summed E-state index contributed by atoms with van der Waals surface area (Å²) in [4.78, 5) is 26.9. The van der Waals surface area contributed by atoms with Gasteiger partial charge in [-0.15, -0.1) is 0 Å². The molecule has 0 saturated carbocycles. The molecule has 2 amide bonds. The molecule has 0 aromatic carbocycles. The Balaban J connectivity index is 2.25. The Morgan fingerprint density at radius 3 is 2.95 bits per heavy atom. The minimum Gasteiger partial charge on any atom is -0.495 e. The van der Waals surface area contributed by atoms with Crippen LogP contribution in [0.4, 0.5) is 21.2 Å². The van der Waals surface area contributed by atoms with Crippen molar-refractivity contribution in [2.75, 3.05) is 24.8 Å². The molecule has 0 spiro atoms. The maximum Gasteiger partial charge on any atom is 0.319 e. The van der Waals surface area contributed by atoms with Crippen molar-refractivity contribution >= 4 is 33.9 Å². The van der Waals surface area contributed by atoms with Gasteiger partial charge < -0.3 is 20.7 Å². The lowest BCUT2D eigenvalue weighted by Crippen LogP contribution is -2.27. The highest BCUT2D eigenvalue weighted by Gasteiger charge is 2.13. The molecule has 0 fully saturated rings. The normalized spacial score (nSPS) is 9.90. The molecule has 106 valence electrons. The van der Waals surface area contributed by atoms with Crippen molar-refractivity contribution in [2.45, 2.75) is 0 Å². The number of methoxy groups -OCH3 is 1. The van der Waals surface area contributed by atoms with E-state index in [0.717, 1.165) is 11.5 Å². The van der Waals surface area contributed by atoms with E-state index in [9.17, 15) is 9.59 Å². The number of aromatic amines is 1. The van der Waals surface area contributed by atoms with Crippen LogP contribution in [0.3, 0.4) is 0 Å². The van der Waals surface area contributed by atoms with Crippen molar-refractivity contribution in [3.63, 3.8) is 0 Å². The number of nitrogens with one attached hydrogen (secondary N) is 4. The summed E-state index contributed by atoms with van der Waals surface area (Å²) in [6.07, 6.45) is 3.14. The van der Waals surface area contributed by atoms with Gasteiger partial charge in [0.05, 0.1) is 25.2 Å². The highest BCUT2D eigenvalue weighted by atomic mass is 32.1. The quantitative estimate of drug-likeness (QED) is 0.680. The summed E-state index contributed by atoms with van der Waals surface area (Å²) in [6, 6.07) is 1.25. The fourth-order valence-corrected chi connectivity index (χ4v) is 2.12. The predicted molar refractivity (Wildman–Crippen MR) is 77.1 cm³/mol. The summed E-state index contributed by atoms with van der Waals surface area (Å²) < 4.78 is 7.61. The molecule has 2 heterocycles. The molecule has 20 heavy (non-hydrogen) atoms. The number of carbonyl (C=O) groups is 1. The van der Waals surface area contributed by atoms with Crippen LogP contribution in [0, 0.1) is 0 Å². The van der Waals surface area contributed by atoms with Crippen molar-refractivity contribution in [3.05, 3.63) is 28.8 Å². The van der Waals surface area contributed by atoms with Gasteiger partial charge in [0.1, 0.15) is 16.4 Å². The van der Waals surface area contributed by atoms with Crippen molar-refractivity contribution in [1.82, 2.24) is 14.7 Å². The first-order valence-corrected chi connectivity index (χ1v) is 6.42. The number of hydrogen-bond donors (Lipinski definition) is 4. The van der Waals surface area contributed by atoms with Gasteiger partial charge in [0.25, 0.3) is 5.56 Å². The molecule has 2 rings (SSSR count). The van der Waals surface area contributed by atoms with Crippen molar-refractivity contribution in [1.29, 1.82) is 0 Å². The number of urea groups is 1. The Kier molecular flexibility index (Phi) is 4.20. The lowest BCUT2D eigenvalue weighted by molar-refractivity contribution is 0.254. The molecule has 0 unspecified atom stereocenters. The number of aromatic nitrogens is 2. The molecule has 0 aliphatic heterocycles. The van der Waals surface area contributed by atoms with Gasteiger partial charge in [0, 0.05) is 13.1 Å². The number of amides is 2. The average molecular weight is 295 g/mol. The van der Waals surface area contributed by atoms with Crippen LogP contribution in [0.1, 0.15) is 0 Å². The first kappa shape index (κ1) is 13.9. The summed E-state index contributed by atoms with van der Waals surface area (Å²) in [5, 5.41) is 8.32. The smallest absolute Gasteiger partial charge is 0.319 e. The SMILES string of the molecule is CNC(=O)Nc1c(Nc2cncc(OC)c2)s[nH]c1=O. The fraction of sp³-hybridized carbons (Fsp3) is 0.182. The number of anilines is 3. The summed E-state index contributed by atoms with van der Waals surface area (Å²) in [6.45, 7) is 0. The highest BCUT2D eigenvalue weighted by Crippen LogP contribution is 2.27. The predicted octanol–water partition coefficient (Wildman–Crippen LogP) is 1.33. The molecule has 0 bridgehead atoms. The zero-order valence-electron chi connectivity index (χ0n) is 10.8. The molecule has 0 atom stereocenters. The Labute approximate surface area is 118 Å². The largest absolute Gasteiger partial charge is 0.495 e. The van der Waals surface area contributed by atoms with Gasteiger partial charge in [0.15, 0.2) is 0 Å². The summed E-state index contributed by atoms with van der Waals surface area (Å²) in [7, 11) is 3.00. The second kappa shape index (κ2) is 6.06. The van der Waals surface area contributed by atoms with Crippen molar-refractivity contribution in [3.8, 4) is 5.75 Å². The number of ether oxygens (including phenoxy) is 1. The van der Waals surface area contributed by atoms with Crippen LogP contribution < -0.4 is 26.2 Å². The van der Waals surface area contributed by atoms with Gasteiger partial charge in [-0.25, -0.2) is 4.79 Å². The zero-order valence-corrected chi connectivity index (χ0v) is 11.6. The van der Waals surface area contributed by atoms with Crippen molar-refractivity contribution < 1.29 is 9.53 Å². The van der Waals surface area contributed by atoms with Crippen LogP contribution in [0.25, 0.3) is 0 Å². The Morgan fingerprint density at radius 1 is 1.45 bits per heavy atom. The number of rotatable bonds is 4. The first-order valence-electron chi connectivity index (χ1n) is 5.60. The van der Waals surface area contributed by atoms with Gasteiger partial charge in [-0.3, -0.25) is 14.2 Å². The fourth-order valence-electron chi connectivity index (χ4n) is 1.41. The molecule has 0 aliphatic carbocycles. The molecule has 0 radical (unpaired) electrons. The van der Waals surface area contributed by atoms with Crippen LogP contribution >= 0.6 is 11.5 Å². The Morgan fingerprint density at radius 2 is 2.25 bits per heavy atom. The second-order valence-electron chi connectivity index (χ2n) is 3.68. The molecule has 4 N–H and O–H groups in total. The third kappa shape index (κ3) is 3.06. The maximum atomic E-state index is 11.6. The Bertz CT molecular complexity index is 666. The number of hydrogen-bond acceptors (Lipinski definition) is 6. The average Bonchev–Trinajstić information content (AvgIpc) is 2.80. The van der Waals surface area contributed by atoms with Gasteiger partial charge in [-0.2, -0.15) is 0 Å². The zero-order chi connectivity index (χ0) is 14.5. The third-order valence-electron chi connectivity index (χ3n) is 2.37. The number of carbonyl (C=O) groups excluding carboxylic acids is 1. The third-order valence-corrected chi connectivity index (χ3v) is 3.17. The van der Waals surface area contributed by atoms with Gasteiger partial charge >= 0.3 is 6.03 Å². The Hall–Kier alpha value is -2.55. The molecule has 2 aromatic rings. The van der Waals surface area contributed by atoms with Gasteiger partial charge in [0.2, 0.25) is 0 Å². The molecule has 8 nitrogen and oxygen atoms in total. The van der Waals surface area contributed by atoms with Gasteiger partial charge in [-0.05, 0) is 11.5 Å². The minimum atomic E-state index is -0.472. The first-order chi connectivity index (χ1) is 9.63. The van der Waals surface area contributed by atoms with Crippen molar-refractivity contribution in [2.24, 2.45) is 0 Å². The van der Waals surface area contributed by atoms with E-state index in [1.807, 2.05) is 0 Å². The summed E-state index contributed by atoms with van der Waals surface area (Å²) in [5.74, 6) is 0.582. The molecule has 0 saturated heterocycles. The summed E-state index contributed by atoms with van der Waals surface area (Å²) >= 11 is 1.08. The molecule has 9 heteroatoms. The van der Waals surface area contributed by atoms with Crippen LogP contribution in [-0.4, -0.2) is 29.5 Å². The van der Waals surface area contributed by atoms with E-state index in [1.54, 1.807) is 18.5 Å². The molecule has 0 aliphatic rings. The van der Waals surface area contributed by atoms with E-state index < -0.39 is 6.03 Å². The lowest BCUT2D eigenvalue weighted by atomic mass is 10.4. The van der Waals surface area contributed by atoms with E-state index in [-0.39, 0.29) is 11.2 Å². The number of H-pyrrole nitrogens is 1. The molecular formula is C11H13N5O3S. The number of pyridine rings is 1. The highest BCUT2D eigenvalue weighted by molar-refractivity contribution is 7.11. The second-order valence-corrected chi connectivity index (χ2v) is 4.50. The van der Waals surface area contributed by atoms with E-state index in [1.165, 1.54) is 14.2 Å². The molecular weight excluding hydrogens is 282 g/mol. The van der Waals surface area contributed by atoms with Crippen LogP contribution in [0.15, 0.2) is 23.3 Å². The lowest BCUT2D eigenvalue weighted by Gasteiger charge is -2.07. The minimum absolute atomic E-state index is 0.150.